The van der Waals surface area contributed by atoms with E-state index in [-0.39, 0.29) is 5.54 Å². The molecule has 2 aromatic carbocycles. The molecule has 1 spiro atoms. The predicted molar refractivity (Wildman–Crippen MR) is 109 cm³/mol. The van der Waals surface area contributed by atoms with Crippen molar-refractivity contribution >= 4 is 5.96 Å². The van der Waals surface area contributed by atoms with Crippen molar-refractivity contribution in [1.29, 1.82) is 0 Å². The summed E-state index contributed by atoms with van der Waals surface area (Å²) in [5, 5.41) is 1.83. The molecule has 0 bridgehead atoms. The molecule has 0 N–H and O–H groups in total. The van der Waals surface area contributed by atoms with Gasteiger partial charge in [0, 0.05) is 30.8 Å². The molecule has 0 radical (unpaired) electrons. The molecule has 4 rings (SSSR count). The number of benzene rings is 2. The third-order valence-electron chi connectivity index (χ3n) is 5.77. The molecule has 142 valence electrons. The van der Waals surface area contributed by atoms with Crippen LogP contribution in [0.2, 0.25) is 0 Å². The van der Waals surface area contributed by atoms with Gasteiger partial charge in [-0.1, -0.05) is 48.5 Å². The van der Waals surface area contributed by atoms with E-state index in [0.717, 1.165) is 36.3 Å². The number of hydrogen-bond acceptors (Lipinski definition) is 4. The molecule has 0 amide bonds. The Kier molecular flexibility index (Phi) is 4.26. The molecule has 2 aromatic rings. The van der Waals surface area contributed by atoms with Gasteiger partial charge in [0.15, 0.2) is 0 Å². The highest BCUT2D eigenvalue weighted by Crippen LogP contribution is 2.45. The van der Waals surface area contributed by atoms with E-state index in [9.17, 15) is 0 Å². The van der Waals surface area contributed by atoms with Crippen LogP contribution in [0, 0.1) is 0 Å². The van der Waals surface area contributed by atoms with Crippen LogP contribution in [0.15, 0.2) is 53.5 Å². The van der Waals surface area contributed by atoms with Gasteiger partial charge in [0.1, 0.15) is 0 Å². The van der Waals surface area contributed by atoms with Gasteiger partial charge in [-0.15, -0.1) is 0 Å². The fourth-order valence-electron chi connectivity index (χ4n) is 4.03. The first-order valence-electron chi connectivity index (χ1n) is 9.76. The molecule has 2 aliphatic rings. The van der Waals surface area contributed by atoms with Crippen LogP contribution < -0.4 is 0 Å². The summed E-state index contributed by atoms with van der Waals surface area (Å²) in [6.45, 7) is 6.57. The second-order valence-electron chi connectivity index (χ2n) is 8.54. The lowest BCUT2D eigenvalue weighted by molar-refractivity contribution is -0.156. The number of aryl methyl sites for hydroxylation is 2. The number of fused-ring (bicyclic) bond motifs is 4. The second kappa shape index (κ2) is 6.38. The molecule has 0 saturated carbocycles. The Bertz CT molecular complexity index is 834. The maximum atomic E-state index is 6.60. The van der Waals surface area contributed by atoms with Gasteiger partial charge in [0.05, 0.1) is 0 Å². The predicted octanol–water partition coefficient (Wildman–Crippen LogP) is 4.34. The van der Waals surface area contributed by atoms with Gasteiger partial charge in [0.25, 0.3) is 0 Å². The normalized spacial score (nSPS) is 18.4. The molecular formula is C23H29N3O. The third-order valence-corrected chi connectivity index (χ3v) is 5.77. The monoisotopic (exact) mass is 363 g/mol. The summed E-state index contributed by atoms with van der Waals surface area (Å²) in [4.78, 5) is 14.0. The lowest BCUT2D eigenvalue weighted by Gasteiger charge is -2.35. The second-order valence-corrected chi connectivity index (χ2v) is 8.54. The Morgan fingerprint density at radius 2 is 1.48 bits per heavy atom. The van der Waals surface area contributed by atoms with Crippen LogP contribution in [0.3, 0.4) is 0 Å². The summed E-state index contributed by atoms with van der Waals surface area (Å²) in [7, 11) is 4.04. The molecule has 0 saturated heterocycles. The van der Waals surface area contributed by atoms with E-state index in [1.807, 2.05) is 12.1 Å². The Balaban J connectivity index is 1.97. The van der Waals surface area contributed by atoms with E-state index in [1.54, 1.807) is 0 Å². The van der Waals surface area contributed by atoms with Crippen LogP contribution in [0.5, 0.6) is 0 Å². The smallest absolute Gasteiger partial charge is 0.240 e. The van der Waals surface area contributed by atoms with E-state index in [0.29, 0.717) is 0 Å². The number of hydrogen-bond donors (Lipinski definition) is 0. The van der Waals surface area contributed by atoms with E-state index < -0.39 is 5.72 Å². The van der Waals surface area contributed by atoms with Crippen LogP contribution in [0.25, 0.3) is 0 Å². The molecule has 1 aliphatic heterocycles. The van der Waals surface area contributed by atoms with Gasteiger partial charge < -0.3 is 4.90 Å². The summed E-state index contributed by atoms with van der Waals surface area (Å²) in [6, 6.07) is 17.2. The quantitative estimate of drug-likeness (QED) is 0.697. The summed E-state index contributed by atoms with van der Waals surface area (Å²) < 4.78 is 0. The number of guanidine groups is 1. The van der Waals surface area contributed by atoms with E-state index >= 15 is 0 Å². The Morgan fingerprint density at radius 1 is 0.963 bits per heavy atom. The number of nitrogens with zero attached hydrogens (tertiary/aromatic N) is 3. The highest BCUT2D eigenvalue weighted by molar-refractivity contribution is 5.82. The van der Waals surface area contributed by atoms with Crippen molar-refractivity contribution in [3.05, 3.63) is 70.8 Å². The average molecular weight is 364 g/mol. The highest BCUT2D eigenvalue weighted by Gasteiger charge is 2.48. The van der Waals surface area contributed by atoms with Crippen molar-refractivity contribution in [3.8, 4) is 0 Å². The molecule has 4 nitrogen and oxygen atoms in total. The fourth-order valence-corrected chi connectivity index (χ4v) is 4.03. The number of rotatable bonds is 0. The maximum absolute atomic E-state index is 6.60. The Hall–Kier alpha value is -2.33. The van der Waals surface area contributed by atoms with Crippen LogP contribution in [0.4, 0.5) is 0 Å². The summed E-state index contributed by atoms with van der Waals surface area (Å²) in [5.74, 6) is 0.854. The molecule has 1 aliphatic carbocycles. The topological polar surface area (TPSA) is 28.1 Å². The zero-order chi connectivity index (χ0) is 19.2. The van der Waals surface area contributed by atoms with Gasteiger partial charge in [-0.3, -0.25) is 0 Å². The lowest BCUT2D eigenvalue weighted by atomic mass is 9.83. The van der Waals surface area contributed by atoms with Crippen LogP contribution in [-0.4, -0.2) is 35.6 Å². The first-order valence-corrected chi connectivity index (χ1v) is 9.76. The number of hydroxylamine groups is 2. The summed E-state index contributed by atoms with van der Waals surface area (Å²) in [6.07, 6.45) is 3.22. The van der Waals surface area contributed by atoms with Gasteiger partial charge >= 0.3 is 0 Å². The minimum Gasteiger partial charge on any atom is -0.339 e. The van der Waals surface area contributed by atoms with Crippen molar-refractivity contribution in [3.63, 3.8) is 0 Å². The van der Waals surface area contributed by atoms with Crippen molar-refractivity contribution < 1.29 is 4.84 Å². The summed E-state index contributed by atoms with van der Waals surface area (Å²) >= 11 is 0. The van der Waals surface area contributed by atoms with E-state index in [4.69, 9.17) is 9.83 Å². The largest absolute Gasteiger partial charge is 0.339 e. The zero-order valence-electron chi connectivity index (χ0n) is 17.0. The van der Waals surface area contributed by atoms with Crippen LogP contribution >= 0.6 is 0 Å². The first-order chi connectivity index (χ1) is 12.8. The highest BCUT2D eigenvalue weighted by atomic mass is 16.7. The maximum Gasteiger partial charge on any atom is 0.240 e. The molecule has 1 heterocycles. The Morgan fingerprint density at radius 3 is 2.00 bits per heavy atom. The van der Waals surface area contributed by atoms with Crippen molar-refractivity contribution in [1.82, 2.24) is 9.96 Å². The minimum atomic E-state index is -0.822. The van der Waals surface area contributed by atoms with Gasteiger partial charge in [0.2, 0.25) is 11.7 Å². The summed E-state index contributed by atoms with van der Waals surface area (Å²) in [5.41, 5.74) is 4.08. The van der Waals surface area contributed by atoms with E-state index in [1.165, 1.54) is 11.1 Å². The Labute approximate surface area is 162 Å². The molecule has 27 heavy (non-hydrogen) atoms. The molecule has 0 unspecified atom stereocenters. The van der Waals surface area contributed by atoms with Crippen molar-refractivity contribution in [2.24, 2.45) is 4.99 Å². The zero-order valence-corrected chi connectivity index (χ0v) is 17.0. The number of aliphatic imine (C=N–C) groups is 1. The van der Waals surface area contributed by atoms with Gasteiger partial charge in [-0.05, 0) is 51.2 Å². The minimum absolute atomic E-state index is 0.0529. The molecule has 0 fully saturated rings. The lowest BCUT2D eigenvalue weighted by Crippen LogP contribution is -2.47. The van der Waals surface area contributed by atoms with Crippen molar-refractivity contribution in [2.75, 3.05) is 14.1 Å². The van der Waals surface area contributed by atoms with Gasteiger partial charge in [-0.2, -0.15) is 0 Å². The van der Waals surface area contributed by atoms with Crippen LogP contribution in [-0.2, 0) is 23.4 Å². The van der Waals surface area contributed by atoms with Crippen molar-refractivity contribution in [2.45, 2.75) is 51.3 Å². The molecular weight excluding hydrogens is 334 g/mol. The molecule has 4 heteroatoms. The van der Waals surface area contributed by atoms with E-state index in [2.05, 4.69) is 81.2 Å². The van der Waals surface area contributed by atoms with Gasteiger partial charge in [-0.25, -0.2) is 14.9 Å². The average Bonchev–Trinajstić information content (AvgIpc) is 2.98. The third kappa shape index (κ3) is 2.92. The molecule has 0 atom stereocenters. The SMILES string of the molecule is CN1OC2(N=C1N(C)C(C)(C)C)c1ccccc1CCCc1ccccc12. The van der Waals surface area contributed by atoms with Crippen LogP contribution in [0.1, 0.15) is 49.4 Å². The fraction of sp³-hybridized carbons (Fsp3) is 0.435. The molecule has 0 aromatic heterocycles. The first kappa shape index (κ1) is 18.1. The standard InChI is InChI=1S/C23H29N3O/c1-22(2,3)25(4)21-24-23(27-26(21)5)19-15-8-6-11-17(19)13-10-14-18-12-7-9-16-20(18)23/h6-9,11-12,15-16H,10,13-14H2,1-5H3.